The smallest absolute Gasteiger partial charge is 0.119 e. The van der Waals surface area contributed by atoms with Gasteiger partial charge in [0.05, 0.1) is 12.2 Å². The van der Waals surface area contributed by atoms with Gasteiger partial charge >= 0.3 is 0 Å². The topological polar surface area (TPSA) is 32.7 Å². The molecule has 0 bridgehead atoms. The maximum atomic E-state index is 11.0. The maximum absolute atomic E-state index is 11.0. The average molecular weight is 261 g/mol. The minimum atomic E-state index is -0.668. The zero-order valence-corrected chi connectivity index (χ0v) is 11.6. The van der Waals surface area contributed by atoms with Crippen molar-refractivity contribution in [1.82, 2.24) is 4.90 Å². The van der Waals surface area contributed by atoms with Gasteiger partial charge in [0, 0.05) is 12.6 Å². The number of hydrogen-bond acceptors (Lipinski definition) is 3. The van der Waals surface area contributed by atoms with Gasteiger partial charge in [0.25, 0.3) is 0 Å². The lowest BCUT2D eigenvalue weighted by molar-refractivity contribution is -0.0410. The third kappa shape index (κ3) is 2.49. The molecule has 19 heavy (non-hydrogen) atoms. The lowest BCUT2D eigenvalue weighted by Crippen LogP contribution is -2.45. The molecular weight excluding hydrogens is 238 g/mol. The standard InChI is InChI=1S/C16H23NO2/c1-2-19-15-7-3-5-13(11-15)16(18)8-10-17-9-4-6-14(17)12-16/h3,5,7,11,14,18H,2,4,6,8-10,12H2,1H3. The molecule has 104 valence electrons. The fraction of sp³-hybridized carbons (Fsp3) is 0.625. The zero-order chi connectivity index (χ0) is 13.3. The number of ether oxygens (including phenoxy) is 1. The molecule has 3 rings (SSSR count). The fourth-order valence-electron chi connectivity index (χ4n) is 3.55. The van der Waals surface area contributed by atoms with Crippen molar-refractivity contribution in [2.24, 2.45) is 0 Å². The van der Waals surface area contributed by atoms with Crippen molar-refractivity contribution in [3.05, 3.63) is 29.8 Å². The first-order valence-electron chi connectivity index (χ1n) is 7.41. The van der Waals surface area contributed by atoms with E-state index in [1.54, 1.807) is 0 Å². The second-order valence-corrected chi connectivity index (χ2v) is 5.78. The van der Waals surface area contributed by atoms with Crippen LogP contribution in [0, 0.1) is 0 Å². The van der Waals surface area contributed by atoms with Crippen molar-refractivity contribution in [3.8, 4) is 5.75 Å². The summed E-state index contributed by atoms with van der Waals surface area (Å²) in [5.74, 6) is 0.863. The van der Waals surface area contributed by atoms with Crippen LogP contribution in [0.3, 0.4) is 0 Å². The molecule has 2 unspecified atom stereocenters. The van der Waals surface area contributed by atoms with E-state index in [2.05, 4.69) is 4.90 Å². The van der Waals surface area contributed by atoms with Crippen molar-refractivity contribution < 1.29 is 9.84 Å². The van der Waals surface area contributed by atoms with E-state index in [4.69, 9.17) is 4.74 Å². The van der Waals surface area contributed by atoms with Crippen molar-refractivity contribution in [3.63, 3.8) is 0 Å². The van der Waals surface area contributed by atoms with E-state index in [1.165, 1.54) is 19.4 Å². The van der Waals surface area contributed by atoms with Crippen LogP contribution in [0.2, 0.25) is 0 Å². The molecule has 1 N–H and O–H groups in total. The van der Waals surface area contributed by atoms with Gasteiger partial charge in [-0.1, -0.05) is 12.1 Å². The fourth-order valence-corrected chi connectivity index (χ4v) is 3.55. The van der Waals surface area contributed by atoms with E-state index >= 15 is 0 Å². The molecule has 2 fully saturated rings. The summed E-state index contributed by atoms with van der Waals surface area (Å²) in [6, 6.07) is 8.55. The molecule has 3 heteroatoms. The van der Waals surface area contributed by atoms with Gasteiger partial charge in [0.1, 0.15) is 5.75 Å². The Labute approximate surface area is 115 Å². The second-order valence-electron chi connectivity index (χ2n) is 5.78. The molecule has 2 saturated heterocycles. The van der Waals surface area contributed by atoms with Crippen molar-refractivity contribution >= 4 is 0 Å². The molecule has 0 aliphatic carbocycles. The van der Waals surface area contributed by atoms with Gasteiger partial charge in [-0.2, -0.15) is 0 Å². The van der Waals surface area contributed by atoms with Gasteiger partial charge < -0.3 is 14.7 Å². The summed E-state index contributed by atoms with van der Waals surface area (Å²) in [4.78, 5) is 2.53. The Kier molecular flexibility index (Phi) is 3.50. The van der Waals surface area contributed by atoms with Crippen LogP contribution in [-0.4, -0.2) is 35.7 Å². The number of benzene rings is 1. The van der Waals surface area contributed by atoms with Crippen molar-refractivity contribution in [1.29, 1.82) is 0 Å². The Morgan fingerprint density at radius 2 is 2.32 bits per heavy atom. The Balaban J connectivity index is 1.81. The van der Waals surface area contributed by atoms with Crippen LogP contribution in [0.15, 0.2) is 24.3 Å². The molecular formula is C16H23NO2. The van der Waals surface area contributed by atoms with Crippen LogP contribution >= 0.6 is 0 Å². The molecule has 0 saturated carbocycles. The largest absolute Gasteiger partial charge is 0.494 e. The molecule has 1 aromatic carbocycles. The highest BCUT2D eigenvalue weighted by Gasteiger charge is 2.41. The summed E-state index contributed by atoms with van der Waals surface area (Å²) < 4.78 is 5.55. The Bertz CT molecular complexity index is 448. The van der Waals surface area contributed by atoms with Gasteiger partial charge in [-0.3, -0.25) is 0 Å². The van der Waals surface area contributed by atoms with E-state index in [-0.39, 0.29) is 0 Å². The predicted molar refractivity (Wildman–Crippen MR) is 75.3 cm³/mol. The SMILES string of the molecule is CCOc1cccc(C2(O)CCN3CCCC3C2)c1. The Morgan fingerprint density at radius 3 is 3.16 bits per heavy atom. The van der Waals surface area contributed by atoms with Crippen LogP contribution in [0.25, 0.3) is 0 Å². The first-order valence-corrected chi connectivity index (χ1v) is 7.41. The van der Waals surface area contributed by atoms with E-state index in [1.807, 2.05) is 31.2 Å². The van der Waals surface area contributed by atoms with Crippen LogP contribution < -0.4 is 4.74 Å². The molecule has 2 heterocycles. The van der Waals surface area contributed by atoms with Crippen LogP contribution in [0.4, 0.5) is 0 Å². The van der Waals surface area contributed by atoms with Gasteiger partial charge in [-0.05, 0) is 56.8 Å². The maximum Gasteiger partial charge on any atom is 0.119 e. The number of piperidine rings is 1. The molecule has 1 aromatic rings. The van der Waals surface area contributed by atoms with E-state index < -0.39 is 5.60 Å². The van der Waals surface area contributed by atoms with Gasteiger partial charge in [0.2, 0.25) is 0 Å². The van der Waals surface area contributed by atoms with Crippen molar-refractivity contribution in [2.75, 3.05) is 19.7 Å². The highest BCUT2D eigenvalue weighted by molar-refractivity contribution is 5.33. The first kappa shape index (κ1) is 12.9. The number of nitrogens with zero attached hydrogens (tertiary/aromatic N) is 1. The highest BCUT2D eigenvalue weighted by atomic mass is 16.5. The molecule has 0 aromatic heterocycles. The molecule has 0 spiro atoms. The molecule has 2 atom stereocenters. The van der Waals surface area contributed by atoms with Crippen LogP contribution in [-0.2, 0) is 5.60 Å². The van der Waals surface area contributed by atoms with E-state index in [9.17, 15) is 5.11 Å². The zero-order valence-electron chi connectivity index (χ0n) is 11.6. The molecule has 3 nitrogen and oxygen atoms in total. The summed E-state index contributed by atoms with van der Waals surface area (Å²) in [6.07, 6.45) is 4.20. The van der Waals surface area contributed by atoms with Crippen LogP contribution in [0.1, 0.15) is 38.2 Å². The summed E-state index contributed by atoms with van der Waals surface area (Å²) in [7, 11) is 0. The first-order chi connectivity index (χ1) is 9.21. The quantitative estimate of drug-likeness (QED) is 0.907. The van der Waals surface area contributed by atoms with Crippen LogP contribution in [0.5, 0.6) is 5.75 Å². The lowest BCUT2D eigenvalue weighted by Gasteiger charge is -2.41. The molecule has 0 radical (unpaired) electrons. The Morgan fingerprint density at radius 1 is 1.42 bits per heavy atom. The summed E-state index contributed by atoms with van der Waals surface area (Å²) in [5.41, 5.74) is 0.350. The predicted octanol–water partition coefficient (Wildman–Crippen LogP) is 2.53. The lowest BCUT2D eigenvalue weighted by atomic mass is 9.81. The number of aliphatic hydroxyl groups is 1. The average Bonchev–Trinajstić information content (AvgIpc) is 2.86. The third-order valence-corrected chi connectivity index (χ3v) is 4.57. The summed E-state index contributed by atoms with van der Waals surface area (Å²) in [6.45, 7) is 4.87. The number of rotatable bonds is 3. The minimum Gasteiger partial charge on any atom is -0.494 e. The van der Waals surface area contributed by atoms with Gasteiger partial charge in [-0.25, -0.2) is 0 Å². The van der Waals surface area contributed by atoms with Gasteiger partial charge in [0.15, 0.2) is 0 Å². The summed E-state index contributed by atoms with van der Waals surface area (Å²) >= 11 is 0. The monoisotopic (exact) mass is 261 g/mol. The van der Waals surface area contributed by atoms with E-state index in [0.29, 0.717) is 12.6 Å². The molecule has 2 aliphatic rings. The van der Waals surface area contributed by atoms with Gasteiger partial charge in [-0.15, -0.1) is 0 Å². The number of fused-ring (bicyclic) bond motifs is 1. The molecule has 2 aliphatic heterocycles. The highest BCUT2D eigenvalue weighted by Crippen LogP contribution is 2.40. The molecule has 0 amide bonds. The minimum absolute atomic E-state index is 0.564. The van der Waals surface area contributed by atoms with Crippen molar-refractivity contribution in [2.45, 2.75) is 44.2 Å². The third-order valence-electron chi connectivity index (χ3n) is 4.57. The number of hydrogen-bond donors (Lipinski definition) is 1. The Hall–Kier alpha value is -1.06. The van der Waals surface area contributed by atoms with E-state index in [0.717, 1.165) is 30.7 Å². The normalized spacial score (nSPS) is 31.2. The second kappa shape index (κ2) is 5.14. The summed E-state index contributed by atoms with van der Waals surface area (Å²) in [5, 5.41) is 11.0.